The molecule has 21 heavy (non-hydrogen) atoms. The number of aryl methyl sites for hydroxylation is 2. The number of Topliss-reactive ketones (excluding diaryl/α,β-unsaturated/α-hetero) is 1. The summed E-state index contributed by atoms with van der Waals surface area (Å²) in [6, 6.07) is 10.1. The number of rotatable bonds is 3. The van der Waals surface area contributed by atoms with Crippen LogP contribution in [0.1, 0.15) is 27.3 Å². The van der Waals surface area contributed by atoms with Crippen molar-refractivity contribution in [3.05, 3.63) is 52.8 Å². The number of nitrogens with zero attached hydrogens (tertiary/aromatic N) is 1. The molecule has 2 heterocycles. The normalized spacial score (nSPS) is 13.7. The van der Waals surface area contributed by atoms with Crippen LogP contribution >= 0.6 is 23.5 Å². The highest BCUT2D eigenvalue weighted by molar-refractivity contribution is 8.38. The number of fused-ring (bicyclic) bond motifs is 1. The number of aliphatic imine (C=N–C) groups is 1. The summed E-state index contributed by atoms with van der Waals surface area (Å²) in [7, 11) is 0. The van der Waals surface area contributed by atoms with E-state index in [0.29, 0.717) is 5.75 Å². The Bertz CT molecular complexity index is 719. The van der Waals surface area contributed by atoms with Crippen molar-refractivity contribution in [3.8, 4) is 0 Å². The SMILES string of the molecule is Cc1cc(C(=O)CSC2=Nc3ccccc3CS2)c(C)[nH]1. The summed E-state index contributed by atoms with van der Waals surface area (Å²) in [6.07, 6.45) is 0. The molecule has 1 N–H and O–H groups in total. The molecular weight excluding hydrogens is 300 g/mol. The van der Waals surface area contributed by atoms with Gasteiger partial charge in [0.05, 0.1) is 11.4 Å². The Kier molecular flexibility index (Phi) is 4.22. The van der Waals surface area contributed by atoms with Gasteiger partial charge in [0.1, 0.15) is 4.38 Å². The fraction of sp³-hybridized carbons (Fsp3) is 0.250. The van der Waals surface area contributed by atoms with Gasteiger partial charge in [-0.2, -0.15) is 0 Å². The van der Waals surface area contributed by atoms with Crippen LogP contribution in [0.2, 0.25) is 0 Å². The standard InChI is InChI=1S/C16H16N2OS2/c1-10-7-13(11(2)17-10)15(19)9-21-16-18-14-6-4-3-5-12(14)8-20-16/h3-7,17H,8-9H2,1-2H3. The first-order chi connectivity index (χ1) is 10.1. The van der Waals surface area contributed by atoms with Crippen molar-refractivity contribution in [3.63, 3.8) is 0 Å². The first-order valence-electron chi connectivity index (χ1n) is 6.75. The number of aromatic nitrogens is 1. The van der Waals surface area contributed by atoms with Gasteiger partial charge in [-0.3, -0.25) is 4.79 Å². The average Bonchev–Trinajstić information content (AvgIpc) is 2.83. The summed E-state index contributed by atoms with van der Waals surface area (Å²) in [5, 5.41) is 0. The zero-order chi connectivity index (χ0) is 14.8. The number of carbonyl (C=O) groups excluding carboxylic acids is 1. The zero-order valence-electron chi connectivity index (χ0n) is 12.0. The highest BCUT2D eigenvalue weighted by Crippen LogP contribution is 2.34. The van der Waals surface area contributed by atoms with Crippen LogP contribution in [0.3, 0.4) is 0 Å². The third-order valence-electron chi connectivity index (χ3n) is 3.33. The van der Waals surface area contributed by atoms with Gasteiger partial charge in [-0.1, -0.05) is 41.7 Å². The molecule has 0 amide bonds. The predicted octanol–water partition coefficient (Wildman–Crippen LogP) is 4.48. The van der Waals surface area contributed by atoms with E-state index in [1.807, 2.05) is 38.1 Å². The van der Waals surface area contributed by atoms with Crippen molar-refractivity contribution < 1.29 is 4.79 Å². The minimum atomic E-state index is 0.156. The van der Waals surface area contributed by atoms with E-state index in [1.165, 1.54) is 17.3 Å². The number of H-pyrrole nitrogens is 1. The second-order valence-electron chi connectivity index (χ2n) is 5.00. The molecule has 1 aromatic carbocycles. The molecule has 0 aliphatic carbocycles. The van der Waals surface area contributed by atoms with E-state index < -0.39 is 0 Å². The molecule has 0 saturated heterocycles. The fourth-order valence-corrected chi connectivity index (χ4v) is 4.25. The Morgan fingerprint density at radius 3 is 2.95 bits per heavy atom. The molecule has 1 aliphatic heterocycles. The number of carbonyl (C=O) groups is 1. The minimum Gasteiger partial charge on any atom is -0.362 e. The maximum atomic E-state index is 12.3. The number of ketones is 1. The topological polar surface area (TPSA) is 45.2 Å². The van der Waals surface area contributed by atoms with Gasteiger partial charge in [-0.05, 0) is 31.5 Å². The molecule has 3 nitrogen and oxygen atoms in total. The largest absolute Gasteiger partial charge is 0.362 e. The van der Waals surface area contributed by atoms with Gasteiger partial charge in [-0.15, -0.1) is 0 Å². The molecule has 1 aliphatic rings. The van der Waals surface area contributed by atoms with Gasteiger partial charge in [0.2, 0.25) is 0 Å². The van der Waals surface area contributed by atoms with Crippen molar-refractivity contribution in [2.45, 2.75) is 19.6 Å². The van der Waals surface area contributed by atoms with Gasteiger partial charge in [-0.25, -0.2) is 4.99 Å². The van der Waals surface area contributed by atoms with Crippen LogP contribution in [0, 0.1) is 13.8 Å². The van der Waals surface area contributed by atoms with E-state index in [2.05, 4.69) is 16.0 Å². The van der Waals surface area contributed by atoms with Crippen molar-refractivity contribution >= 4 is 39.4 Å². The molecule has 3 rings (SSSR count). The molecule has 0 spiro atoms. The predicted molar refractivity (Wildman–Crippen MR) is 91.9 cm³/mol. The second-order valence-corrected chi connectivity index (χ2v) is 7.18. The van der Waals surface area contributed by atoms with Gasteiger partial charge < -0.3 is 4.98 Å². The van der Waals surface area contributed by atoms with E-state index in [1.54, 1.807) is 11.8 Å². The molecule has 0 saturated carbocycles. The van der Waals surface area contributed by atoms with Crippen LogP contribution in [0.5, 0.6) is 0 Å². The maximum absolute atomic E-state index is 12.3. The van der Waals surface area contributed by atoms with Crippen molar-refractivity contribution in [2.24, 2.45) is 4.99 Å². The smallest absolute Gasteiger partial charge is 0.174 e. The third kappa shape index (κ3) is 3.24. The molecule has 0 fully saturated rings. The Hall–Kier alpha value is -1.46. The van der Waals surface area contributed by atoms with E-state index in [4.69, 9.17) is 0 Å². The zero-order valence-corrected chi connectivity index (χ0v) is 13.6. The summed E-state index contributed by atoms with van der Waals surface area (Å²) >= 11 is 3.24. The highest BCUT2D eigenvalue weighted by atomic mass is 32.2. The van der Waals surface area contributed by atoms with Crippen LogP contribution in [0.4, 0.5) is 5.69 Å². The molecule has 0 atom stereocenters. The lowest BCUT2D eigenvalue weighted by Crippen LogP contribution is -2.06. The summed E-state index contributed by atoms with van der Waals surface area (Å²) in [5.74, 6) is 1.52. The number of benzene rings is 1. The van der Waals surface area contributed by atoms with Crippen LogP contribution in [0.25, 0.3) is 0 Å². The Morgan fingerprint density at radius 2 is 2.19 bits per heavy atom. The third-order valence-corrected chi connectivity index (χ3v) is 5.58. The number of nitrogens with one attached hydrogen (secondary N) is 1. The van der Waals surface area contributed by atoms with Crippen LogP contribution in [-0.4, -0.2) is 20.9 Å². The van der Waals surface area contributed by atoms with Crippen LogP contribution in [-0.2, 0) is 5.75 Å². The number of aromatic amines is 1. The molecule has 0 unspecified atom stereocenters. The second kappa shape index (κ2) is 6.12. The minimum absolute atomic E-state index is 0.156. The number of para-hydroxylation sites is 1. The van der Waals surface area contributed by atoms with Gasteiger partial charge in [0.25, 0.3) is 0 Å². The molecule has 2 aromatic rings. The molecule has 0 bridgehead atoms. The molecule has 1 aromatic heterocycles. The lowest BCUT2D eigenvalue weighted by Gasteiger charge is -2.13. The summed E-state index contributed by atoms with van der Waals surface area (Å²) in [5.41, 5.74) is 5.05. The van der Waals surface area contributed by atoms with E-state index in [0.717, 1.165) is 32.8 Å². The Balaban J connectivity index is 1.67. The lowest BCUT2D eigenvalue weighted by molar-refractivity contribution is 0.102. The lowest BCUT2D eigenvalue weighted by atomic mass is 10.2. The maximum Gasteiger partial charge on any atom is 0.174 e. The number of hydrogen-bond acceptors (Lipinski definition) is 4. The summed E-state index contributed by atoms with van der Waals surface area (Å²) < 4.78 is 0.979. The average molecular weight is 316 g/mol. The molecular formula is C16H16N2OS2. The summed E-state index contributed by atoms with van der Waals surface area (Å²) in [6.45, 7) is 3.91. The summed E-state index contributed by atoms with van der Waals surface area (Å²) in [4.78, 5) is 20.1. The van der Waals surface area contributed by atoms with Crippen LogP contribution in [0.15, 0.2) is 35.3 Å². The van der Waals surface area contributed by atoms with E-state index in [9.17, 15) is 4.79 Å². The van der Waals surface area contributed by atoms with E-state index >= 15 is 0 Å². The van der Waals surface area contributed by atoms with Gasteiger partial charge in [0.15, 0.2) is 5.78 Å². The van der Waals surface area contributed by atoms with Crippen molar-refractivity contribution in [1.29, 1.82) is 0 Å². The van der Waals surface area contributed by atoms with Gasteiger partial charge >= 0.3 is 0 Å². The fourth-order valence-electron chi connectivity index (χ4n) is 2.30. The quantitative estimate of drug-likeness (QED) is 0.849. The first kappa shape index (κ1) is 14.5. The van der Waals surface area contributed by atoms with E-state index in [-0.39, 0.29) is 5.78 Å². The first-order valence-corrected chi connectivity index (χ1v) is 8.72. The van der Waals surface area contributed by atoms with Gasteiger partial charge in [0, 0.05) is 22.7 Å². The number of hydrogen-bond donors (Lipinski definition) is 1. The van der Waals surface area contributed by atoms with Crippen LogP contribution < -0.4 is 0 Å². The monoisotopic (exact) mass is 316 g/mol. The molecule has 108 valence electrons. The highest BCUT2D eigenvalue weighted by Gasteiger charge is 2.16. The van der Waals surface area contributed by atoms with Crippen molar-refractivity contribution in [1.82, 2.24) is 4.98 Å². The Morgan fingerprint density at radius 1 is 1.38 bits per heavy atom. The molecule has 5 heteroatoms. The number of thioether (sulfide) groups is 2. The van der Waals surface area contributed by atoms with Crippen molar-refractivity contribution in [2.75, 3.05) is 5.75 Å². The Labute approximate surface area is 132 Å². The molecule has 0 radical (unpaired) electrons.